The predicted molar refractivity (Wildman–Crippen MR) is 105 cm³/mol. The number of hydroxylamine groups is 1. The molecule has 2 rings (SSSR count). The van der Waals surface area contributed by atoms with Gasteiger partial charge in [0, 0.05) is 19.5 Å². The number of nitrogens with zero attached hydrogens (tertiary/aromatic N) is 1. The number of ether oxygens (including phenoxy) is 2. The van der Waals surface area contributed by atoms with Gasteiger partial charge in [0.25, 0.3) is 0 Å². The second-order valence-electron chi connectivity index (χ2n) is 6.89. The lowest BCUT2D eigenvalue weighted by Gasteiger charge is -2.22. The maximum atomic E-state index is 12.8. The van der Waals surface area contributed by atoms with Gasteiger partial charge >= 0.3 is 0 Å². The molecule has 158 valence electrons. The average molecular weight is 415 g/mol. The Labute approximate surface area is 166 Å². The van der Waals surface area contributed by atoms with Crippen LogP contribution in [0.2, 0.25) is 0 Å². The van der Waals surface area contributed by atoms with Crippen LogP contribution >= 0.6 is 0 Å². The molecule has 28 heavy (non-hydrogen) atoms. The van der Waals surface area contributed by atoms with Crippen molar-refractivity contribution in [2.45, 2.75) is 58.4 Å². The molecule has 9 heteroatoms. The zero-order valence-electron chi connectivity index (χ0n) is 16.4. The van der Waals surface area contributed by atoms with E-state index in [1.807, 2.05) is 0 Å². The monoisotopic (exact) mass is 414 g/mol. The molecule has 2 N–H and O–H groups in total. The molecule has 0 aromatic heterocycles. The van der Waals surface area contributed by atoms with Crippen molar-refractivity contribution in [3.8, 4) is 11.5 Å². The lowest BCUT2D eigenvalue weighted by Crippen LogP contribution is -2.35. The molecule has 1 aromatic carbocycles. The summed E-state index contributed by atoms with van der Waals surface area (Å²) >= 11 is 0. The standard InChI is InChI=1S/C19H30N2O6S/c1-2-3-4-5-6-7-12-28(24,25)21(11-10-19(22)20-23)14-16-8-9-17-18(13-16)27-15-26-17/h8-9,13,23H,2-7,10-12,14-15H2,1H3,(H,20,22). The van der Waals surface area contributed by atoms with Crippen molar-refractivity contribution in [3.63, 3.8) is 0 Å². The van der Waals surface area contributed by atoms with Gasteiger partial charge in [-0.3, -0.25) is 10.0 Å². The normalized spacial score (nSPS) is 13.1. The summed E-state index contributed by atoms with van der Waals surface area (Å²) in [5.41, 5.74) is 2.29. The second-order valence-corrected chi connectivity index (χ2v) is 8.98. The number of sulfonamides is 1. The van der Waals surface area contributed by atoms with Gasteiger partial charge in [0.15, 0.2) is 11.5 Å². The van der Waals surface area contributed by atoms with Gasteiger partial charge in [0.05, 0.1) is 5.75 Å². The van der Waals surface area contributed by atoms with Crippen molar-refractivity contribution in [2.75, 3.05) is 19.1 Å². The van der Waals surface area contributed by atoms with E-state index < -0.39 is 15.9 Å². The average Bonchev–Trinajstić information content (AvgIpc) is 3.15. The van der Waals surface area contributed by atoms with E-state index in [1.54, 1.807) is 23.7 Å². The number of fused-ring (bicyclic) bond motifs is 1. The van der Waals surface area contributed by atoms with Crippen molar-refractivity contribution in [2.24, 2.45) is 0 Å². The Kier molecular flexibility index (Phi) is 9.01. The van der Waals surface area contributed by atoms with Crippen molar-refractivity contribution < 1.29 is 27.9 Å². The smallest absolute Gasteiger partial charge is 0.244 e. The summed E-state index contributed by atoms with van der Waals surface area (Å²) in [4.78, 5) is 11.4. The van der Waals surface area contributed by atoms with Crippen LogP contribution in [0.3, 0.4) is 0 Å². The van der Waals surface area contributed by atoms with E-state index in [9.17, 15) is 13.2 Å². The maximum Gasteiger partial charge on any atom is 0.244 e. The molecule has 0 radical (unpaired) electrons. The van der Waals surface area contributed by atoms with Crippen molar-refractivity contribution in [1.29, 1.82) is 0 Å². The van der Waals surface area contributed by atoms with E-state index in [0.29, 0.717) is 17.9 Å². The van der Waals surface area contributed by atoms with E-state index in [4.69, 9.17) is 14.7 Å². The van der Waals surface area contributed by atoms with Gasteiger partial charge in [-0.25, -0.2) is 13.9 Å². The first-order chi connectivity index (χ1) is 13.5. The number of rotatable bonds is 13. The predicted octanol–water partition coefficient (Wildman–Crippen LogP) is 2.80. The summed E-state index contributed by atoms with van der Waals surface area (Å²) in [6.07, 6.45) is 5.81. The van der Waals surface area contributed by atoms with E-state index in [-0.39, 0.29) is 32.1 Å². The Morgan fingerprint density at radius 3 is 2.61 bits per heavy atom. The molecule has 8 nitrogen and oxygen atoms in total. The molecule has 0 aliphatic carbocycles. The Morgan fingerprint density at radius 1 is 1.14 bits per heavy atom. The van der Waals surface area contributed by atoms with Crippen LogP contribution in [0.5, 0.6) is 11.5 Å². The minimum Gasteiger partial charge on any atom is -0.454 e. The Bertz CT molecular complexity index is 738. The van der Waals surface area contributed by atoms with Crippen molar-refractivity contribution >= 4 is 15.9 Å². The highest BCUT2D eigenvalue weighted by atomic mass is 32.2. The van der Waals surface area contributed by atoms with Crippen LogP contribution < -0.4 is 15.0 Å². The van der Waals surface area contributed by atoms with Crippen LogP contribution in [0.1, 0.15) is 57.4 Å². The van der Waals surface area contributed by atoms with Gasteiger partial charge in [0.1, 0.15) is 0 Å². The number of amides is 1. The number of benzene rings is 1. The highest BCUT2D eigenvalue weighted by Crippen LogP contribution is 2.33. The van der Waals surface area contributed by atoms with Crippen LogP contribution in [0, 0.1) is 0 Å². The molecule has 1 heterocycles. The lowest BCUT2D eigenvalue weighted by molar-refractivity contribution is -0.129. The molecule has 0 saturated carbocycles. The number of nitrogens with one attached hydrogen (secondary N) is 1. The summed E-state index contributed by atoms with van der Waals surface area (Å²) < 4.78 is 37.6. The SMILES string of the molecule is CCCCCCCCS(=O)(=O)N(CCC(=O)NO)Cc1ccc2c(c1)OCO2. The van der Waals surface area contributed by atoms with Crippen molar-refractivity contribution in [3.05, 3.63) is 23.8 Å². The third-order valence-corrected chi connectivity index (χ3v) is 6.56. The van der Waals surface area contributed by atoms with Crippen LogP contribution in [0.4, 0.5) is 0 Å². The van der Waals surface area contributed by atoms with Gasteiger partial charge in [0.2, 0.25) is 22.7 Å². The van der Waals surface area contributed by atoms with E-state index in [0.717, 1.165) is 31.2 Å². The molecule has 0 spiro atoms. The zero-order valence-corrected chi connectivity index (χ0v) is 17.2. The number of carbonyl (C=O) groups excluding carboxylic acids is 1. The van der Waals surface area contributed by atoms with Crippen LogP contribution in [0.25, 0.3) is 0 Å². The molecular formula is C19H30N2O6S. The molecule has 0 bridgehead atoms. The first-order valence-corrected chi connectivity index (χ1v) is 11.4. The van der Waals surface area contributed by atoms with Gasteiger partial charge in [-0.05, 0) is 24.1 Å². The first-order valence-electron chi connectivity index (χ1n) is 9.75. The molecule has 0 atom stereocenters. The zero-order chi connectivity index (χ0) is 20.4. The van der Waals surface area contributed by atoms with Gasteiger partial charge in [-0.1, -0.05) is 45.1 Å². The fraction of sp³-hybridized carbons (Fsp3) is 0.632. The third kappa shape index (κ3) is 6.96. The van der Waals surface area contributed by atoms with Crippen molar-refractivity contribution in [1.82, 2.24) is 9.79 Å². The molecular weight excluding hydrogens is 384 g/mol. The molecule has 1 amide bonds. The Balaban J connectivity index is 1.99. The number of carbonyl (C=O) groups is 1. The van der Waals surface area contributed by atoms with E-state index >= 15 is 0 Å². The Hall–Kier alpha value is -1.84. The molecule has 1 aliphatic rings. The highest BCUT2D eigenvalue weighted by Gasteiger charge is 2.24. The largest absolute Gasteiger partial charge is 0.454 e. The van der Waals surface area contributed by atoms with Gasteiger partial charge < -0.3 is 9.47 Å². The number of hydrogen-bond acceptors (Lipinski definition) is 6. The summed E-state index contributed by atoms with van der Waals surface area (Å²) in [6.45, 7) is 2.42. The Morgan fingerprint density at radius 2 is 1.86 bits per heavy atom. The molecule has 1 aromatic rings. The number of hydrogen-bond donors (Lipinski definition) is 2. The summed E-state index contributed by atoms with van der Waals surface area (Å²) in [6, 6.07) is 5.28. The third-order valence-electron chi connectivity index (χ3n) is 4.66. The summed E-state index contributed by atoms with van der Waals surface area (Å²) in [5, 5.41) is 8.69. The molecule has 0 unspecified atom stereocenters. The van der Waals surface area contributed by atoms with Crippen LogP contribution in [-0.4, -0.2) is 42.9 Å². The molecule has 0 fully saturated rings. The highest BCUT2D eigenvalue weighted by molar-refractivity contribution is 7.89. The minimum absolute atomic E-state index is 0.000989. The van der Waals surface area contributed by atoms with E-state index in [2.05, 4.69) is 6.92 Å². The summed E-state index contributed by atoms with van der Waals surface area (Å²) in [5.74, 6) is 0.638. The number of unbranched alkanes of at least 4 members (excludes halogenated alkanes) is 5. The topological polar surface area (TPSA) is 105 Å². The first kappa shape index (κ1) is 22.4. The molecule has 1 aliphatic heterocycles. The van der Waals surface area contributed by atoms with Crippen LogP contribution in [-0.2, 0) is 21.4 Å². The minimum atomic E-state index is -3.53. The maximum absolute atomic E-state index is 12.8. The fourth-order valence-corrected chi connectivity index (χ4v) is 4.58. The van der Waals surface area contributed by atoms with E-state index in [1.165, 1.54) is 10.7 Å². The quantitative estimate of drug-likeness (QED) is 0.292. The van der Waals surface area contributed by atoms with Crippen LogP contribution in [0.15, 0.2) is 18.2 Å². The van der Waals surface area contributed by atoms with Gasteiger partial charge in [-0.2, -0.15) is 4.31 Å². The van der Waals surface area contributed by atoms with Gasteiger partial charge in [-0.15, -0.1) is 0 Å². The fourth-order valence-electron chi connectivity index (χ4n) is 3.04. The lowest BCUT2D eigenvalue weighted by atomic mass is 10.1. The summed E-state index contributed by atoms with van der Waals surface area (Å²) in [7, 11) is -3.53. The second kappa shape index (κ2) is 11.2. The molecule has 0 saturated heterocycles.